The van der Waals surface area contributed by atoms with Crippen molar-refractivity contribution in [1.82, 2.24) is 20.1 Å². The highest BCUT2D eigenvalue weighted by Gasteiger charge is 2.22. The normalized spacial score (nSPS) is 14.0. The van der Waals surface area contributed by atoms with Crippen molar-refractivity contribution in [3.05, 3.63) is 54.6 Å². The van der Waals surface area contributed by atoms with E-state index in [0.717, 1.165) is 37.5 Å². The third kappa shape index (κ3) is 4.76. The maximum atomic E-state index is 12.6. The third-order valence-corrected chi connectivity index (χ3v) is 5.82. The predicted molar refractivity (Wildman–Crippen MR) is 119 cm³/mol. The molecule has 30 heavy (non-hydrogen) atoms. The molecule has 2 aromatic carbocycles. The summed E-state index contributed by atoms with van der Waals surface area (Å²) < 4.78 is 5.66. The Morgan fingerprint density at radius 2 is 1.80 bits per heavy atom. The van der Waals surface area contributed by atoms with E-state index in [1.807, 2.05) is 54.3 Å². The van der Waals surface area contributed by atoms with Crippen molar-refractivity contribution in [3.63, 3.8) is 0 Å². The van der Waals surface area contributed by atoms with Gasteiger partial charge in [-0.15, -0.1) is 5.10 Å². The Bertz CT molecular complexity index is 970. The Balaban J connectivity index is 1.30. The van der Waals surface area contributed by atoms with Crippen LogP contribution in [0.1, 0.15) is 6.92 Å². The number of carbonyl (C=O) groups excluding carboxylic acids is 1. The molecule has 1 fully saturated rings. The van der Waals surface area contributed by atoms with Crippen molar-refractivity contribution in [3.8, 4) is 17.1 Å². The minimum atomic E-state index is 0.119. The number of rotatable bonds is 7. The minimum absolute atomic E-state index is 0.119. The number of thioether (sulfide) groups is 1. The van der Waals surface area contributed by atoms with Crippen molar-refractivity contribution in [1.29, 1.82) is 0 Å². The highest BCUT2D eigenvalue weighted by Crippen LogP contribution is 2.28. The van der Waals surface area contributed by atoms with E-state index in [9.17, 15) is 4.79 Å². The van der Waals surface area contributed by atoms with Gasteiger partial charge in [0.15, 0.2) is 5.82 Å². The number of nitrogens with one attached hydrogen (secondary N) is 1. The van der Waals surface area contributed by atoms with Crippen molar-refractivity contribution < 1.29 is 9.53 Å². The maximum Gasteiger partial charge on any atom is 0.233 e. The fourth-order valence-corrected chi connectivity index (χ4v) is 4.15. The molecule has 0 unspecified atom stereocenters. The summed E-state index contributed by atoms with van der Waals surface area (Å²) in [5.74, 6) is 1.86. The number of nitrogens with zero attached hydrogens (tertiary/aromatic N) is 4. The molecule has 1 saturated heterocycles. The lowest BCUT2D eigenvalue weighted by atomic mass is 10.2. The quantitative estimate of drug-likeness (QED) is 0.588. The molecule has 2 heterocycles. The fraction of sp³-hybridized carbons (Fsp3) is 0.318. The van der Waals surface area contributed by atoms with Crippen LogP contribution in [0.25, 0.3) is 11.4 Å². The maximum absolute atomic E-state index is 12.6. The Kier molecular flexibility index (Phi) is 6.53. The van der Waals surface area contributed by atoms with Gasteiger partial charge in [-0.05, 0) is 31.2 Å². The van der Waals surface area contributed by atoms with Crippen LogP contribution in [0, 0.1) is 0 Å². The zero-order valence-electron chi connectivity index (χ0n) is 17.0. The molecule has 1 N–H and O–H groups in total. The largest absolute Gasteiger partial charge is 0.493 e. The number of amides is 1. The summed E-state index contributed by atoms with van der Waals surface area (Å²) in [5.41, 5.74) is 2.07. The van der Waals surface area contributed by atoms with Crippen LogP contribution in [0.5, 0.6) is 5.75 Å². The molecule has 3 aromatic rings. The van der Waals surface area contributed by atoms with Crippen LogP contribution in [0.3, 0.4) is 0 Å². The SMILES string of the molecule is CCOc1ccccc1-c1nc(SCC(=O)N2CCN(c3ccccc3)CC2)n[nH]1. The van der Waals surface area contributed by atoms with Gasteiger partial charge in [-0.2, -0.15) is 0 Å². The van der Waals surface area contributed by atoms with E-state index in [0.29, 0.717) is 23.3 Å². The lowest BCUT2D eigenvalue weighted by Gasteiger charge is -2.36. The van der Waals surface area contributed by atoms with E-state index in [4.69, 9.17) is 4.74 Å². The lowest BCUT2D eigenvalue weighted by molar-refractivity contribution is -0.128. The van der Waals surface area contributed by atoms with Gasteiger partial charge in [-0.3, -0.25) is 9.89 Å². The third-order valence-electron chi connectivity index (χ3n) is 4.99. The minimum Gasteiger partial charge on any atom is -0.493 e. The Labute approximate surface area is 180 Å². The topological polar surface area (TPSA) is 74.3 Å². The van der Waals surface area contributed by atoms with E-state index in [1.165, 1.54) is 17.4 Å². The fourth-order valence-electron chi connectivity index (χ4n) is 3.45. The van der Waals surface area contributed by atoms with Crippen molar-refractivity contribution >= 4 is 23.4 Å². The molecule has 0 atom stereocenters. The zero-order valence-corrected chi connectivity index (χ0v) is 17.8. The summed E-state index contributed by atoms with van der Waals surface area (Å²) in [7, 11) is 0. The van der Waals surface area contributed by atoms with E-state index >= 15 is 0 Å². The number of para-hydroxylation sites is 2. The number of carbonyl (C=O) groups is 1. The van der Waals surface area contributed by atoms with Crippen molar-refractivity contribution in [2.24, 2.45) is 0 Å². The Morgan fingerprint density at radius 3 is 2.57 bits per heavy atom. The molecule has 0 saturated carbocycles. The average Bonchev–Trinajstić information content (AvgIpc) is 3.28. The van der Waals surface area contributed by atoms with E-state index in [2.05, 4.69) is 32.2 Å². The first-order valence-electron chi connectivity index (χ1n) is 10.1. The van der Waals surface area contributed by atoms with E-state index < -0.39 is 0 Å². The number of hydrogen-bond acceptors (Lipinski definition) is 6. The lowest BCUT2D eigenvalue weighted by Crippen LogP contribution is -2.49. The van der Waals surface area contributed by atoms with Crippen LogP contribution in [0.2, 0.25) is 0 Å². The first kappa shape index (κ1) is 20.3. The van der Waals surface area contributed by atoms with Crippen molar-refractivity contribution in [2.45, 2.75) is 12.1 Å². The van der Waals surface area contributed by atoms with Gasteiger partial charge in [0, 0.05) is 31.9 Å². The second-order valence-corrected chi connectivity index (χ2v) is 7.83. The molecule has 7 nitrogen and oxygen atoms in total. The summed E-state index contributed by atoms with van der Waals surface area (Å²) in [4.78, 5) is 21.4. The summed E-state index contributed by atoms with van der Waals surface area (Å²) in [6.45, 7) is 5.69. The molecular weight excluding hydrogens is 398 g/mol. The number of aromatic nitrogens is 3. The summed E-state index contributed by atoms with van der Waals surface area (Å²) >= 11 is 1.35. The molecule has 0 aliphatic carbocycles. The Hall–Kier alpha value is -3.00. The summed E-state index contributed by atoms with van der Waals surface area (Å²) in [6, 6.07) is 18.0. The molecule has 4 rings (SSSR count). The number of anilines is 1. The van der Waals surface area contributed by atoms with E-state index in [1.54, 1.807) is 0 Å². The number of ether oxygens (including phenoxy) is 1. The second kappa shape index (κ2) is 9.67. The average molecular weight is 424 g/mol. The van der Waals surface area contributed by atoms with Crippen LogP contribution >= 0.6 is 11.8 Å². The van der Waals surface area contributed by atoms with Gasteiger partial charge in [-0.1, -0.05) is 42.1 Å². The standard InChI is InChI=1S/C22H25N5O2S/c1-2-29-19-11-7-6-10-18(19)21-23-22(25-24-21)30-16-20(28)27-14-12-26(13-15-27)17-8-4-3-5-9-17/h3-11H,2,12-16H2,1H3,(H,23,24,25). The first-order valence-corrected chi connectivity index (χ1v) is 11.1. The van der Waals surface area contributed by atoms with Crippen LogP contribution in [-0.4, -0.2) is 64.5 Å². The predicted octanol–water partition coefficient (Wildman–Crippen LogP) is 3.31. The molecule has 1 aliphatic rings. The van der Waals surface area contributed by atoms with Gasteiger partial charge in [0.25, 0.3) is 0 Å². The molecule has 1 aromatic heterocycles. The highest BCUT2D eigenvalue weighted by molar-refractivity contribution is 7.99. The molecule has 8 heteroatoms. The van der Waals surface area contributed by atoms with Crippen LogP contribution < -0.4 is 9.64 Å². The number of aromatic amines is 1. The zero-order chi connectivity index (χ0) is 20.8. The van der Waals surface area contributed by atoms with Gasteiger partial charge in [0.05, 0.1) is 17.9 Å². The van der Waals surface area contributed by atoms with Gasteiger partial charge < -0.3 is 14.5 Å². The number of benzene rings is 2. The summed E-state index contributed by atoms with van der Waals surface area (Å²) in [5, 5.41) is 7.77. The molecule has 1 amide bonds. The van der Waals surface area contributed by atoms with Crippen LogP contribution in [0.4, 0.5) is 5.69 Å². The second-order valence-electron chi connectivity index (χ2n) is 6.89. The smallest absolute Gasteiger partial charge is 0.233 e. The molecular formula is C22H25N5O2S. The highest BCUT2D eigenvalue weighted by atomic mass is 32.2. The number of piperazine rings is 1. The van der Waals surface area contributed by atoms with Crippen molar-refractivity contribution in [2.75, 3.05) is 43.4 Å². The number of H-pyrrole nitrogens is 1. The van der Waals surface area contributed by atoms with Gasteiger partial charge in [-0.25, -0.2) is 4.98 Å². The molecule has 0 bridgehead atoms. The van der Waals surface area contributed by atoms with Crippen LogP contribution in [0.15, 0.2) is 59.8 Å². The molecule has 0 radical (unpaired) electrons. The van der Waals surface area contributed by atoms with Gasteiger partial charge in [0.2, 0.25) is 11.1 Å². The number of hydrogen-bond donors (Lipinski definition) is 1. The monoisotopic (exact) mass is 423 g/mol. The van der Waals surface area contributed by atoms with Gasteiger partial charge in [0.1, 0.15) is 5.75 Å². The summed E-state index contributed by atoms with van der Waals surface area (Å²) in [6.07, 6.45) is 0. The van der Waals surface area contributed by atoms with Crippen LogP contribution in [-0.2, 0) is 4.79 Å². The van der Waals surface area contributed by atoms with E-state index in [-0.39, 0.29) is 5.91 Å². The van der Waals surface area contributed by atoms with Gasteiger partial charge >= 0.3 is 0 Å². The molecule has 0 spiro atoms. The molecule has 156 valence electrons. The first-order chi connectivity index (χ1) is 14.7. The Morgan fingerprint density at radius 1 is 1.07 bits per heavy atom. The molecule has 1 aliphatic heterocycles.